The van der Waals surface area contributed by atoms with E-state index in [9.17, 15) is 16.8 Å². The molecule has 0 aliphatic heterocycles. The standard InChI is InChI=1S/C9H24N4O4S2/c1-3-5-7-11-13-19(16,17)8-18(14,15)12-9(10)6-4-2/h9,11-13H,3-8,10H2,1-2H3. The van der Waals surface area contributed by atoms with Gasteiger partial charge in [-0.15, -0.1) is 0 Å². The minimum absolute atomic E-state index is 0.443. The van der Waals surface area contributed by atoms with Crippen molar-refractivity contribution in [2.45, 2.75) is 45.7 Å². The van der Waals surface area contributed by atoms with Gasteiger partial charge < -0.3 is 5.73 Å². The number of rotatable bonds is 11. The Morgan fingerprint density at radius 3 is 2.21 bits per heavy atom. The van der Waals surface area contributed by atoms with Crippen LogP contribution in [-0.4, -0.2) is 34.6 Å². The van der Waals surface area contributed by atoms with Crippen molar-refractivity contribution in [2.24, 2.45) is 5.73 Å². The third-order valence-electron chi connectivity index (χ3n) is 2.12. The molecule has 0 aliphatic rings. The van der Waals surface area contributed by atoms with Gasteiger partial charge in [-0.25, -0.2) is 22.3 Å². The maximum atomic E-state index is 11.6. The molecule has 1 unspecified atom stereocenters. The Morgan fingerprint density at radius 2 is 1.68 bits per heavy atom. The van der Waals surface area contributed by atoms with Gasteiger partial charge in [0, 0.05) is 6.54 Å². The second-order valence-electron chi connectivity index (χ2n) is 4.24. The molecule has 0 rings (SSSR count). The van der Waals surface area contributed by atoms with E-state index in [0.29, 0.717) is 19.4 Å². The van der Waals surface area contributed by atoms with Crippen LogP contribution in [0.5, 0.6) is 0 Å². The molecular formula is C9H24N4O4S2. The van der Waals surface area contributed by atoms with Crippen LogP contribution in [0.4, 0.5) is 0 Å². The van der Waals surface area contributed by atoms with E-state index in [1.165, 1.54) is 0 Å². The molecule has 1 atom stereocenters. The van der Waals surface area contributed by atoms with Crippen LogP contribution >= 0.6 is 0 Å². The Labute approximate surface area is 115 Å². The lowest BCUT2D eigenvalue weighted by Crippen LogP contribution is -2.47. The Morgan fingerprint density at radius 1 is 1.05 bits per heavy atom. The lowest BCUT2D eigenvalue weighted by atomic mass is 10.3. The van der Waals surface area contributed by atoms with Gasteiger partial charge in [0.25, 0.3) is 0 Å². The Kier molecular flexibility index (Phi) is 8.70. The summed E-state index contributed by atoms with van der Waals surface area (Å²) >= 11 is 0. The highest BCUT2D eigenvalue weighted by Crippen LogP contribution is 1.96. The second-order valence-corrected chi connectivity index (χ2v) is 8.08. The summed E-state index contributed by atoms with van der Waals surface area (Å²) < 4.78 is 48.3. The number of sulfonamides is 2. The Balaban J connectivity index is 4.31. The van der Waals surface area contributed by atoms with Crippen molar-refractivity contribution in [1.29, 1.82) is 0 Å². The van der Waals surface area contributed by atoms with Crippen LogP contribution in [0.15, 0.2) is 0 Å². The van der Waals surface area contributed by atoms with Crippen molar-refractivity contribution < 1.29 is 16.8 Å². The highest BCUT2D eigenvalue weighted by atomic mass is 32.3. The minimum atomic E-state index is -3.97. The van der Waals surface area contributed by atoms with Crippen molar-refractivity contribution in [3.63, 3.8) is 0 Å². The molecule has 0 bridgehead atoms. The minimum Gasteiger partial charge on any atom is -0.315 e. The van der Waals surface area contributed by atoms with E-state index in [1.807, 2.05) is 18.7 Å². The number of nitrogens with one attached hydrogen (secondary N) is 3. The molecule has 0 aromatic rings. The zero-order chi connectivity index (χ0) is 14.9. The summed E-state index contributed by atoms with van der Waals surface area (Å²) in [7, 11) is -7.92. The van der Waals surface area contributed by atoms with Gasteiger partial charge in [-0.3, -0.25) is 0 Å². The summed E-state index contributed by atoms with van der Waals surface area (Å²) in [6.07, 6.45) is 2.07. The van der Waals surface area contributed by atoms with Gasteiger partial charge in [0.1, 0.15) is 0 Å². The lowest BCUT2D eigenvalue weighted by Gasteiger charge is -2.13. The molecule has 0 spiro atoms. The normalized spacial score (nSPS) is 14.5. The summed E-state index contributed by atoms with van der Waals surface area (Å²) in [6.45, 7) is 4.25. The van der Waals surface area contributed by atoms with Gasteiger partial charge in [-0.05, 0) is 12.8 Å². The van der Waals surface area contributed by atoms with Crippen molar-refractivity contribution in [3.05, 3.63) is 0 Å². The first-order valence-corrected chi connectivity index (χ1v) is 9.50. The first-order chi connectivity index (χ1) is 8.72. The van der Waals surface area contributed by atoms with Gasteiger partial charge in [-0.2, -0.15) is 9.55 Å². The summed E-state index contributed by atoms with van der Waals surface area (Å²) in [4.78, 5) is 2.02. The van der Waals surface area contributed by atoms with Crippen LogP contribution in [0, 0.1) is 0 Å². The van der Waals surface area contributed by atoms with Crippen LogP contribution in [-0.2, 0) is 20.0 Å². The molecule has 0 amide bonds. The van der Waals surface area contributed by atoms with Crippen molar-refractivity contribution in [2.75, 3.05) is 11.6 Å². The maximum absolute atomic E-state index is 11.6. The van der Waals surface area contributed by atoms with Gasteiger partial charge in [0.05, 0.1) is 6.17 Å². The third kappa shape index (κ3) is 10.2. The van der Waals surface area contributed by atoms with Crippen molar-refractivity contribution >= 4 is 20.0 Å². The summed E-state index contributed by atoms with van der Waals surface area (Å²) in [5.41, 5.74) is 7.97. The molecule has 0 aliphatic carbocycles. The third-order valence-corrected chi connectivity index (χ3v) is 5.72. The number of nitrogens with two attached hydrogens (primary N) is 1. The number of hydrogen-bond acceptors (Lipinski definition) is 6. The molecular weight excluding hydrogens is 292 g/mol. The van der Waals surface area contributed by atoms with Crippen molar-refractivity contribution in [3.8, 4) is 0 Å². The number of hydrogen-bond donors (Lipinski definition) is 4. The predicted octanol–water partition coefficient (Wildman–Crippen LogP) is -0.828. The van der Waals surface area contributed by atoms with E-state index >= 15 is 0 Å². The lowest BCUT2D eigenvalue weighted by molar-refractivity contribution is 0.531. The highest BCUT2D eigenvalue weighted by Gasteiger charge is 2.23. The monoisotopic (exact) mass is 316 g/mol. The van der Waals surface area contributed by atoms with E-state index in [2.05, 4.69) is 10.1 Å². The van der Waals surface area contributed by atoms with Gasteiger partial charge in [-0.1, -0.05) is 26.7 Å². The van der Waals surface area contributed by atoms with Crippen LogP contribution in [0.2, 0.25) is 0 Å². The molecule has 116 valence electrons. The number of hydrazine groups is 1. The Hall–Kier alpha value is -0.260. The number of unbranched alkanes of at least 4 members (excludes halogenated alkanes) is 1. The molecule has 10 heteroatoms. The van der Waals surface area contributed by atoms with Crippen LogP contribution < -0.4 is 20.7 Å². The van der Waals surface area contributed by atoms with E-state index in [0.717, 1.165) is 12.8 Å². The van der Waals surface area contributed by atoms with E-state index in [1.54, 1.807) is 0 Å². The van der Waals surface area contributed by atoms with Gasteiger partial charge >= 0.3 is 0 Å². The van der Waals surface area contributed by atoms with Crippen LogP contribution in [0.1, 0.15) is 39.5 Å². The Bertz CT molecular complexity index is 435. The summed E-state index contributed by atoms with van der Waals surface area (Å²) in [5, 5.41) is -1.05. The van der Waals surface area contributed by atoms with E-state index in [4.69, 9.17) is 5.73 Å². The average Bonchev–Trinajstić information content (AvgIpc) is 2.22. The largest absolute Gasteiger partial charge is 0.315 e. The molecule has 0 fully saturated rings. The summed E-state index contributed by atoms with van der Waals surface area (Å²) in [5.74, 6) is 0. The van der Waals surface area contributed by atoms with E-state index < -0.39 is 31.3 Å². The van der Waals surface area contributed by atoms with E-state index in [-0.39, 0.29) is 0 Å². The molecule has 19 heavy (non-hydrogen) atoms. The van der Waals surface area contributed by atoms with Crippen LogP contribution in [0.3, 0.4) is 0 Å². The predicted molar refractivity (Wildman–Crippen MR) is 74.8 cm³/mol. The smallest absolute Gasteiger partial charge is 0.240 e. The molecule has 5 N–H and O–H groups in total. The SMILES string of the molecule is CCCCNNS(=O)(=O)CS(=O)(=O)NC(N)CCC. The van der Waals surface area contributed by atoms with Gasteiger partial charge in [0.15, 0.2) is 5.08 Å². The van der Waals surface area contributed by atoms with Gasteiger partial charge in [0.2, 0.25) is 20.0 Å². The zero-order valence-electron chi connectivity index (χ0n) is 11.3. The van der Waals surface area contributed by atoms with Crippen LogP contribution in [0.25, 0.3) is 0 Å². The second kappa shape index (κ2) is 8.82. The topological polar surface area (TPSA) is 130 Å². The molecule has 0 saturated carbocycles. The quantitative estimate of drug-likeness (QED) is 0.224. The fourth-order valence-electron chi connectivity index (χ4n) is 1.29. The van der Waals surface area contributed by atoms with Crippen molar-refractivity contribution in [1.82, 2.24) is 15.0 Å². The molecule has 0 radical (unpaired) electrons. The summed E-state index contributed by atoms with van der Waals surface area (Å²) in [6, 6.07) is 0. The fourth-order valence-corrected chi connectivity index (χ4v) is 4.34. The highest BCUT2D eigenvalue weighted by molar-refractivity contribution is 8.06. The molecule has 0 saturated heterocycles. The average molecular weight is 316 g/mol. The first kappa shape index (κ1) is 18.7. The maximum Gasteiger partial charge on any atom is 0.240 e. The molecule has 0 heterocycles. The molecule has 8 nitrogen and oxygen atoms in total. The fraction of sp³-hybridized carbons (Fsp3) is 1.00. The first-order valence-electron chi connectivity index (χ1n) is 6.20. The molecule has 0 aromatic heterocycles. The molecule has 0 aromatic carbocycles. The zero-order valence-corrected chi connectivity index (χ0v) is 13.0.